The summed E-state index contributed by atoms with van der Waals surface area (Å²) in [5.74, 6) is 0.669. The summed E-state index contributed by atoms with van der Waals surface area (Å²) < 4.78 is 0.816. The maximum Gasteiger partial charge on any atom is 0.127 e. The minimum absolute atomic E-state index is 0.669. The summed E-state index contributed by atoms with van der Waals surface area (Å²) in [6.45, 7) is 2.24. The molecule has 90 valence electrons. The molecule has 1 aromatic rings. The van der Waals surface area contributed by atoms with Crippen LogP contribution in [-0.4, -0.2) is 4.98 Å². The van der Waals surface area contributed by atoms with Gasteiger partial charge in [0.1, 0.15) is 10.4 Å². The SMILES string of the molecule is CCCCCCCCc1ccc(Br)nc1N. The van der Waals surface area contributed by atoms with Gasteiger partial charge >= 0.3 is 0 Å². The predicted octanol–water partition coefficient (Wildman–Crippen LogP) is 4.33. The normalized spacial score (nSPS) is 10.6. The monoisotopic (exact) mass is 284 g/mol. The molecular weight excluding hydrogens is 264 g/mol. The Hall–Kier alpha value is -0.570. The van der Waals surface area contributed by atoms with E-state index in [9.17, 15) is 0 Å². The zero-order chi connectivity index (χ0) is 11.8. The molecule has 1 heterocycles. The maximum absolute atomic E-state index is 5.84. The molecule has 2 nitrogen and oxygen atoms in total. The van der Waals surface area contributed by atoms with Crippen LogP contribution in [0.5, 0.6) is 0 Å². The van der Waals surface area contributed by atoms with Gasteiger partial charge in [0.05, 0.1) is 0 Å². The largest absolute Gasteiger partial charge is 0.383 e. The number of halogens is 1. The van der Waals surface area contributed by atoms with Crippen LogP contribution in [0.4, 0.5) is 5.82 Å². The third-order valence-electron chi connectivity index (χ3n) is 2.78. The number of nitrogen functional groups attached to an aromatic ring is 1. The van der Waals surface area contributed by atoms with Crippen LogP contribution >= 0.6 is 15.9 Å². The summed E-state index contributed by atoms with van der Waals surface area (Å²) in [4.78, 5) is 4.20. The quantitative estimate of drug-likeness (QED) is 0.598. The van der Waals surface area contributed by atoms with Crippen molar-refractivity contribution in [1.82, 2.24) is 4.98 Å². The molecule has 1 rings (SSSR count). The fraction of sp³-hybridized carbons (Fsp3) is 0.615. The van der Waals surface area contributed by atoms with Crippen molar-refractivity contribution < 1.29 is 0 Å². The van der Waals surface area contributed by atoms with Crippen molar-refractivity contribution in [3.63, 3.8) is 0 Å². The summed E-state index contributed by atoms with van der Waals surface area (Å²) >= 11 is 3.32. The minimum atomic E-state index is 0.669. The van der Waals surface area contributed by atoms with E-state index in [1.807, 2.05) is 6.07 Å². The maximum atomic E-state index is 5.84. The van der Waals surface area contributed by atoms with E-state index in [0.717, 1.165) is 11.0 Å². The van der Waals surface area contributed by atoms with Crippen LogP contribution in [0.2, 0.25) is 0 Å². The third-order valence-corrected chi connectivity index (χ3v) is 3.22. The van der Waals surface area contributed by atoms with E-state index < -0.39 is 0 Å². The van der Waals surface area contributed by atoms with Crippen LogP contribution in [0.3, 0.4) is 0 Å². The van der Waals surface area contributed by atoms with Gasteiger partial charge in [-0.15, -0.1) is 0 Å². The van der Waals surface area contributed by atoms with Crippen molar-refractivity contribution in [2.24, 2.45) is 0 Å². The fourth-order valence-corrected chi connectivity index (χ4v) is 2.11. The molecule has 0 aliphatic rings. The molecule has 0 spiro atoms. The number of nitrogens with two attached hydrogens (primary N) is 1. The Morgan fingerprint density at radius 3 is 2.50 bits per heavy atom. The van der Waals surface area contributed by atoms with Crippen molar-refractivity contribution in [2.45, 2.75) is 51.9 Å². The molecule has 0 radical (unpaired) electrons. The van der Waals surface area contributed by atoms with E-state index >= 15 is 0 Å². The Kier molecular flexibility index (Phi) is 6.46. The number of hydrogen-bond acceptors (Lipinski definition) is 2. The molecule has 0 aliphatic heterocycles. The highest BCUT2D eigenvalue weighted by Gasteiger charge is 2.01. The number of anilines is 1. The number of nitrogens with zero attached hydrogens (tertiary/aromatic N) is 1. The Balaban J connectivity index is 2.21. The van der Waals surface area contributed by atoms with E-state index in [4.69, 9.17) is 5.73 Å². The Labute approximate surface area is 107 Å². The average molecular weight is 285 g/mol. The van der Waals surface area contributed by atoms with Crippen LogP contribution in [0.1, 0.15) is 51.0 Å². The van der Waals surface area contributed by atoms with Crippen molar-refractivity contribution in [3.8, 4) is 0 Å². The van der Waals surface area contributed by atoms with E-state index in [-0.39, 0.29) is 0 Å². The Morgan fingerprint density at radius 1 is 1.12 bits per heavy atom. The molecule has 1 aromatic heterocycles. The molecular formula is C13H21BrN2. The number of aryl methyl sites for hydroxylation is 1. The lowest BCUT2D eigenvalue weighted by atomic mass is 10.1. The van der Waals surface area contributed by atoms with Crippen molar-refractivity contribution in [2.75, 3.05) is 5.73 Å². The van der Waals surface area contributed by atoms with Gasteiger partial charge in [0.2, 0.25) is 0 Å². The van der Waals surface area contributed by atoms with Crippen molar-refractivity contribution in [3.05, 3.63) is 22.3 Å². The van der Waals surface area contributed by atoms with Gasteiger partial charge < -0.3 is 5.73 Å². The second-order valence-electron chi connectivity index (χ2n) is 4.20. The average Bonchev–Trinajstić information content (AvgIpc) is 2.26. The first-order chi connectivity index (χ1) is 7.74. The van der Waals surface area contributed by atoms with Gasteiger partial charge in [0, 0.05) is 0 Å². The zero-order valence-corrected chi connectivity index (χ0v) is 11.6. The summed E-state index contributed by atoms with van der Waals surface area (Å²) in [5, 5.41) is 0. The molecule has 0 bridgehead atoms. The van der Waals surface area contributed by atoms with Gasteiger partial charge in [0.15, 0.2) is 0 Å². The molecule has 0 aliphatic carbocycles. The molecule has 0 fully saturated rings. The molecule has 0 saturated heterocycles. The summed E-state index contributed by atoms with van der Waals surface area (Å²) in [6, 6.07) is 4.03. The topological polar surface area (TPSA) is 38.9 Å². The van der Waals surface area contributed by atoms with Gasteiger partial charge in [0.25, 0.3) is 0 Å². The molecule has 16 heavy (non-hydrogen) atoms. The molecule has 0 saturated carbocycles. The van der Waals surface area contributed by atoms with Gasteiger partial charge in [-0.1, -0.05) is 45.1 Å². The molecule has 2 N–H and O–H groups in total. The van der Waals surface area contributed by atoms with Gasteiger partial charge in [-0.05, 0) is 40.4 Å². The predicted molar refractivity (Wildman–Crippen MR) is 73.4 cm³/mol. The van der Waals surface area contributed by atoms with E-state index in [1.165, 1.54) is 44.1 Å². The van der Waals surface area contributed by atoms with E-state index in [2.05, 4.69) is 33.9 Å². The standard InChI is InChI=1S/C13H21BrN2/c1-2-3-4-5-6-7-8-11-9-10-12(14)16-13(11)15/h9-10H,2-8H2,1H3,(H2,15,16). The summed E-state index contributed by atoms with van der Waals surface area (Å²) in [7, 11) is 0. The number of hydrogen-bond donors (Lipinski definition) is 1. The van der Waals surface area contributed by atoms with Crippen LogP contribution < -0.4 is 5.73 Å². The smallest absolute Gasteiger partial charge is 0.127 e. The van der Waals surface area contributed by atoms with E-state index in [1.54, 1.807) is 0 Å². The Morgan fingerprint density at radius 2 is 1.81 bits per heavy atom. The van der Waals surface area contributed by atoms with Crippen LogP contribution in [0.25, 0.3) is 0 Å². The van der Waals surface area contributed by atoms with Gasteiger partial charge in [-0.25, -0.2) is 4.98 Å². The van der Waals surface area contributed by atoms with Gasteiger partial charge in [-0.3, -0.25) is 0 Å². The molecule has 0 unspecified atom stereocenters. The highest BCUT2D eigenvalue weighted by atomic mass is 79.9. The number of rotatable bonds is 7. The first kappa shape index (κ1) is 13.5. The first-order valence-corrected chi connectivity index (χ1v) is 6.94. The zero-order valence-electron chi connectivity index (χ0n) is 10.0. The molecule has 0 aromatic carbocycles. The highest BCUT2D eigenvalue weighted by molar-refractivity contribution is 9.10. The lowest BCUT2D eigenvalue weighted by Gasteiger charge is -2.05. The van der Waals surface area contributed by atoms with Crippen LogP contribution in [0, 0.1) is 0 Å². The van der Waals surface area contributed by atoms with Gasteiger partial charge in [-0.2, -0.15) is 0 Å². The van der Waals surface area contributed by atoms with Crippen LogP contribution in [-0.2, 0) is 6.42 Å². The number of aromatic nitrogens is 1. The lowest BCUT2D eigenvalue weighted by Crippen LogP contribution is -1.98. The second kappa shape index (κ2) is 7.66. The molecule has 0 atom stereocenters. The van der Waals surface area contributed by atoms with Crippen LogP contribution in [0.15, 0.2) is 16.7 Å². The van der Waals surface area contributed by atoms with Crippen molar-refractivity contribution >= 4 is 21.7 Å². The first-order valence-electron chi connectivity index (χ1n) is 6.15. The van der Waals surface area contributed by atoms with Crippen molar-refractivity contribution in [1.29, 1.82) is 0 Å². The summed E-state index contributed by atoms with van der Waals surface area (Å²) in [6.07, 6.45) is 8.96. The lowest BCUT2D eigenvalue weighted by molar-refractivity contribution is 0.607. The minimum Gasteiger partial charge on any atom is -0.383 e. The Bertz CT molecular complexity index is 313. The number of pyridine rings is 1. The van der Waals surface area contributed by atoms with E-state index in [0.29, 0.717) is 5.82 Å². The highest BCUT2D eigenvalue weighted by Crippen LogP contribution is 2.17. The fourth-order valence-electron chi connectivity index (χ4n) is 1.79. The molecule has 0 amide bonds. The number of unbranched alkanes of at least 4 members (excludes halogenated alkanes) is 5. The molecule has 3 heteroatoms. The third kappa shape index (κ3) is 4.97. The second-order valence-corrected chi connectivity index (χ2v) is 5.01. The summed E-state index contributed by atoms with van der Waals surface area (Å²) in [5.41, 5.74) is 7.02.